The van der Waals surface area contributed by atoms with E-state index in [4.69, 9.17) is 9.72 Å². The van der Waals surface area contributed by atoms with E-state index in [1.165, 1.54) is 16.7 Å². The van der Waals surface area contributed by atoms with Crippen molar-refractivity contribution in [1.82, 2.24) is 25.8 Å². The van der Waals surface area contributed by atoms with Gasteiger partial charge in [0.05, 0.1) is 12.8 Å². The molecule has 3 aliphatic rings. The third-order valence-corrected chi connectivity index (χ3v) is 9.64. The molecule has 240 valence electrons. The lowest BCUT2D eigenvalue weighted by Crippen LogP contribution is -2.43. The largest absolute Gasteiger partial charge is 0.481 e. The van der Waals surface area contributed by atoms with Crippen LogP contribution < -0.4 is 20.7 Å². The van der Waals surface area contributed by atoms with Gasteiger partial charge in [-0.1, -0.05) is 48.2 Å². The Balaban J connectivity index is 1.16. The number of hydrogen-bond donors (Lipinski definition) is 3. The third-order valence-electron chi connectivity index (χ3n) is 9.64. The molecule has 0 saturated carbocycles. The molecule has 2 aromatic carbocycles. The molecule has 0 spiro atoms. The molecule has 8 heteroatoms. The van der Waals surface area contributed by atoms with Crippen LogP contribution >= 0.6 is 0 Å². The summed E-state index contributed by atoms with van der Waals surface area (Å²) in [5.41, 5.74) is 8.69. The van der Waals surface area contributed by atoms with Gasteiger partial charge in [-0.2, -0.15) is 0 Å². The molecule has 46 heavy (non-hydrogen) atoms. The van der Waals surface area contributed by atoms with Crippen molar-refractivity contribution in [2.45, 2.75) is 71.0 Å². The fourth-order valence-electron chi connectivity index (χ4n) is 7.05. The number of carbonyl (C=O) groups is 2. The van der Waals surface area contributed by atoms with Gasteiger partial charge in [-0.05, 0) is 80.5 Å². The molecule has 0 bridgehead atoms. The molecule has 3 N–H and O–H groups in total. The Kier molecular flexibility index (Phi) is 10.0. The van der Waals surface area contributed by atoms with Crippen LogP contribution in [0.3, 0.4) is 0 Å². The van der Waals surface area contributed by atoms with Crippen molar-refractivity contribution in [3.05, 3.63) is 70.8 Å². The average molecular weight is 620 g/mol. The minimum atomic E-state index is 0.127. The number of likely N-dealkylation sites (tertiary alicyclic amines) is 1. The molecule has 3 fully saturated rings. The van der Waals surface area contributed by atoms with Crippen LogP contribution in [0.15, 0.2) is 48.5 Å². The molecule has 1 aromatic heterocycles. The summed E-state index contributed by atoms with van der Waals surface area (Å²) >= 11 is 0. The Bertz CT molecular complexity index is 1660. The molecular formula is C38H45N5O3. The smallest absolute Gasteiger partial charge is 0.220 e. The quantitative estimate of drug-likeness (QED) is 0.300. The van der Waals surface area contributed by atoms with Crippen molar-refractivity contribution in [3.8, 4) is 40.1 Å². The molecule has 4 heterocycles. The molecule has 2 amide bonds. The van der Waals surface area contributed by atoms with Crippen LogP contribution in [-0.4, -0.2) is 67.1 Å². The molecule has 8 nitrogen and oxygen atoms in total. The van der Waals surface area contributed by atoms with Crippen LogP contribution in [0.2, 0.25) is 0 Å². The van der Waals surface area contributed by atoms with E-state index in [9.17, 15) is 9.59 Å². The second-order valence-electron chi connectivity index (χ2n) is 12.9. The first kappa shape index (κ1) is 31.8. The maximum absolute atomic E-state index is 11.6. The number of ether oxygens (including phenoxy) is 1. The van der Waals surface area contributed by atoms with Gasteiger partial charge in [-0.3, -0.25) is 9.59 Å². The summed E-state index contributed by atoms with van der Waals surface area (Å²) in [5.74, 6) is 8.38. The number of piperidine rings is 1. The molecule has 0 radical (unpaired) electrons. The summed E-state index contributed by atoms with van der Waals surface area (Å²) < 4.78 is 5.70. The number of carbonyl (C=O) groups excluding carboxylic acids is 2. The molecule has 3 aliphatic heterocycles. The minimum Gasteiger partial charge on any atom is -0.481 e. The van der Waals surface area contributed by atoms with Crippen LogP contribution in [0.4, 0.5) is 0 Å². The van der Waals surface area contributed by atoms with Crippen molar-refractivity contribution in [2.75, 3.05) is 33.3 Å². The van der Waals surface area contributed by atoms with Gasteiger partial charge in [-0.25, -0.2) is 4.98 Å². The summed E-state index contributed by atoms with van der Waals surface area (Å²) in [6.07, 6.45) is 5.32. The van der Waals surface area contributed by atoms with E-state index >= 15 is 0 Å². The monoisotopic (exact) mass is 619 g/mol. The van der Waals surface area contributed by atoms with Crippen LogP contribution in [0.1, 0.15) is 60.8 Å². The summed E-state index contributed by atoms with van der Waals surface area (Å²) in [6.45, 7) is 8.63. The fraction of sp³-hybridized carbons (Fsp3) is 0.447. The number of benzene rings is 2. The van der Waals surface area contributed by atoms with Gasteiger partial charge >= 0.3 is 0 Å². The Morgan fingerprint density at radius 3 is 2.37 bits per heavy atom. The first-order valence-corrected chi connectivity index (χ1v) is 16.6. The van der Waals surface area contributed by atoms with Crippen LogP contribution in [0.5, 0.6) is 5.88 Å². The number of rotatable bonds is 9. The Labute approximate surface area is 272 Å². The van der Waals surface area contributed by atoms with E-state index < -0.39 is 0 Å². The second-order valence-corrected chi connectivity index (χ2v) is 12.9. The highest BCUT2D eigenvalue weighted by Gasteiger charge is 2.26. The van der Waals surface area contributed by atoms with E-state index in [1.807, 2.05) is 0 Å². The molecule has 1 unspecified atom stereocenters. The Morgan fingerprint density at radius 2 is 1.63 bits per heavy atom. The average Bonchev–Trinajstić information content (AvgIpc) is 3.67. The van der Waals surface area contributed by atoms with Gasteiger partial charge in [0.2, 0.25) is 17.7 Å². The summed E-state index contributed by atoms with van der Waals surface area (Å²) in [7, 11) is 1.66. The van der Waals surface area contributed by atoms with Gasteiger partial charge in [0.25, 0.3) is 0 Å². The predicted octanol–water partition coefficient (Wildman–Crippen LogP) is 4.75. The van der Waals surface area contributed by atoms with E-state index in [0.29, 0.717) is 31.2 Å². The minimum absolute atomic E-state index is 0.127. The van der Waals surface area contributed by atoms with Crippen molar-refractivity contribution in [3.63, 3.8) is 0 Å². The lowest BCUT2D eigenvalue weighted by molar-refractivity contribution is -0.120. The van der Waals surface area contributed by atoms with Crippen molar-refractivity contribution < 1.29 is 14.3 Å². The molecule has 3 atom stereocenters. The van der Waals surface area contributed by atoms with Gasteiger partial charge in [0.1, 0.15) is 0 Å². The van der Waals surface area contributed by atoms with Crippen LogP contribution in [-0.2, 0) is 16.1 Å². The van der Waals surface area contributed by atoms with Gasteiger partial charge in [0, 0.05) is 73.7 Å². The summed E-state index contributed by atoms with van der Waals surface area (Å²) in [6, 6.07) is 17.4. The summed E-state index contributed by atoms with van der Waals surface area (Å²) in [4.78, 5) is 30.5. The zero-order chi connectivity index (χ0) is 32.0. The van der Waals surface area contributed by atoms with Crippen molar-refractivity contribution >= 4 is 11.8 Å². The molecule has 3 aromatic rings. The highest BCUT2D eigenvalue weighted by atomic mass is 16.5. The SMILES string of the molecule is COc1nc(-c2cccc(-c3cccc(C#CC4CCCN(C[C@@H]5CCC(=O)N5)C4)c3C)c2C)ccc1CNC[C@@H]1CCC(=O)N1. The molecule has 3 saturated heterocycles. The first-order chi connectivity index (χ1) is 22.4. The number of methoxy groups -OCH3 is 1. The standard InChI is InChI=1S/C38H45N5O3/c1-25-28(13-12-27-7-6-20-43(23-27)24-31-16-19-37(45)41-31)8-4-9-32(25)33-10-5-11-34(26(33)2)35-17-14-29(38(42-35)46-3)21-39-22-30-15-18-36(44)40-30/h4-5,8-11,14,17,27,30-31,39H,6-7,15-16,18-24H2,1-3H3,(H,40,44)(H,41,45)/t27?,30-,31-/m0/s1. The van der Waals surface area contributed by atoms with Crippen molar-refractivity contribution in [2.24, 2.45) is 5.92 Å². The van der Waals surface area contributed by atoms with Gasteiger partial charge < -0.3 is 25.6 Å². The van der Waals surface area contributed by atoms with Crippen LogP contribution in [0, 0.1) is 31.6 Å². The fourth-order valence-corrected chi connectivity index (χ4v) is 7.05. The second kappa shape index (κ2) is 14.5. The first-order valence-electron chi connectivity index (χ1n) is 16.6. The highest BCUT2D eigenvalue weighted by molar-refractivity contribution is 5.80. The van der Waals surface area contributed by atoms with Crippen LogP contribution in [0.25, 0.3) is 22.4 Å². The maximum Gasteiger partial charge on any atom is 0.220 e. The highest BCUT2D eigenvalue weighted by Crippen LogP contribution is 2.34. The zero-order valence-corrected chi connectivity index (χ0v) is 27.2. The van der Waals surface area contributed by atoms with E-state index in [-0.39, 0.29) is 23.9 Å². The van der Waals surface area contributed by atoms with E-state index in [0.717, 1.165) is 79.8 Å². The van der Waals surface area contributed by atoms with E-state index in [1.54, 1.807) is 7.11 Å². The lowest BCUT2D eigenvalue weighted by Gasteiger charge is -2.32. The number of nitrogens with one attached hydrogen (secondary N) is 3. The molecular weight excluding hydrogens is 574 g/mol. The van der Waals surface area contributed by atoms with Gasteiger partial charge in [-0.15, -0.1) is 0 Å². The lowest BCUT2D eigenvalue weighted by atomic mass is 9.90. The predicted molar refractivity (Wildman–Crippen MR) is 181 cm³/mol. The normalized spacial score (nSPS) is 21.4. The number of pyridine rings is 1. The van der Waals surface area contributed by atoms with E-state index in [2.05, 4.69) is 95.1 Å². The van der Waals surface area contributed by atoms with Crippen molar-refractivity contribution in [1.29, 1.82) is 0 Å². The topological polar surface area (TPSA) is 95.6 Å². The molecule has 0 aliphatic carbocycles. The number of hydrogen-bond acceptors (Lipinski definition) is 6. The Hall–Kier alpha value is -4.19. The maximum atomic E-state index is 11.6. The summed E-state index contributed by atoms with van der Waals surface area (Å²) in [5, 5.41) is 9.55. The molecule has 6 rings (SSSR count). The van der Waals surface area contributed by atoms with Gasteiger partial charge in [0.15, 0.2) is 0 Å². The number of amides is 2. The number of aromatic nitrogens is 1. The Morgan fingerprint density at radius 1 is 0.913 bits per heavy atom. The number of nitrogens with zero attached hydrogens (tertiary/aromatic N) is 2. The zero-order valence-electron chi connectivity index (χ0n) is 27.2. The third kappa shape index (κ3) is 7.43.